The average Bonchev–Trinajstić information content (AvgIpc) is 3.94. The number of fused-ring (bicyclic) bond motifs is 2. The number of hydrogen-bond acceptors (Lipinski definition) is 17. The number of nitrogens with two attached hydrogens (primary N) is 1. The molecule has 2 aromatic carbocycles. The number of nitrogens with zero attached hydrogens (tertiary/aromatic N) is 4. The first kappa shape index (κ1) is 48.1. The van der Waals surface area contributed by atoms with Crippen LogP contribution in [0.25, 0.3) is 44.5 Å². The van der Waals surface area contributed by atoms with Crippen molar-refractivity contribution >= 4 is 53.9 Å². The highest BCUT2D eigenvalue weighted by Crippen LogP contribution is 2.33. The fraction of sp³-hybridized carbons (Fsp3) is 0.429. The van der Waals surface area contributed by atoms with Gasteiger partial charge >= 0.3 is 0 Å². The van der Waals surface area contributed by atoms with E-state index in [0.717, 1.165) is 89.6 Å². The molecule has 0 spiro atoms. The smallest absolute Gasteiger partial charge is 0.284 e. The van der Waals surface area contributed by atoms with Crippen LogP contribution < -0.4 is 25.3 Å². The highest BCUT2D eigenvalue weighted by molar-refractivity contribution is 7.90. The van der Waals surface area contributed by atoms with E-state index in [0.29, 0.717) is 43.2 Å². The van der Waals surface area contributed by atoms with E-state index in [1.165, 1.54) is 25.2 Å². The van der Waals surface area contributed by atoms with E-state index in [2.05, 4.69) is 25.3 Å². The van der Waals surface area contributed by atoms with E-state index >= 15 is 0 Å². The molecule has 0 aliphatic carbocycles. The molecule has 0 saturated carbocycles. The summed E-state index contributed by atoms with van der Waals surface area (Å²) in [6.45, 7) is 2.49. The second-order valence-corrected chi connectivity index (χ2v) is 19.0. The van der Waals surface area contributed by atoms with Crippen molar-refractivity contribution in [2.75, 3.05) is 57.4 Å². The molecule has 4 aromatic heterocycles. The SMILES string of the molecule is COc1ccc(-c2ccc3ncnc(OC4CCCCO4)c3c2)o1.CS(=O)(=O)CCN.CS(=O)(=O)CCNCc1ccc(-c2ccc3ncnc(OC4CCCCO4)c3c2)o1.Cl. The third kappa shape index (κ3) is 14.6. The lowest BCUT2D eigenvalue weighted by atomic mass is 10.1. The summed E-state index contributed by atoms with van der Waals surface area (Å²) in [6, 6.07) is 19.1. The monoisotopic (exact) mass is 916 g/mol. The van der Waals surface area contributed by atoms with Gasteiger partial charge in [0.2, 0.25) is 24.3 Å². The van der Waals surface area contributed by atoms with Crippen molar-refractivity contribution < 1.29 is 49.4 Å². The molecule has 0 radical (unpaired) electrons. The van der Waals surface area contributed by atoms with Gasteiger partial charge in [-0.1, -0.05) is 0 Å². The standard InChI is InChI=1S/C21H25N3O5S.C18H18N2O4.C3H9NO2S.ClH/c1-30(25,26)11-9-22-13-16-6-8-19(28-16)15-5-7-18-17(12-15)21(24-14-23-18)29-20-4-2-3-10-27-20;1-21-16-8-7-15(23-16)12-5-6-14-13(10-12)18(20-11-19-14)24-17-4-2-3-9-22-17;1-7(5,6)3-2-4;/h5-8,12,14,20,22H,2-4,9-11,13H2,1H3;5-8,10-11,17H,2-4,9H2,1H3;2-4H2,1H3;1H. The van der Waals surface area contributed by atoms with Gasteiger partial charge in [0.05, 0.1) is 60.2 Å². The number of methoxy groups -OCH3 is 1. The molecular formula is C42H53ClN6O11S2. The number of hydrogen-bond donors (Lipinski definition) is 2. The van der Waals surface area contributed by atoms with E-state index in [1.807, 2.05) is 54.6 Å². The van der Waals surface area contributed by atoms with Gasteiger partial charge in [-0.25, -0.2) is 36.8 Å². The van der Waals surface area contributed by atoms with E-state index in [1.54, 1.807) is 13.2 Å². The molecule has 6 heterocycles. The van der Waals surface area contributed by atoms with Gasteiger partial charge in [0.25, 0.3) is 5.95 Å². The molecule has 0 bridgehead atoms. The molecule has 3 N–H and O–H groups in total. The van der Waals surface area contributed by atoms with Crippen LogP contribution in [0.15, 0.2) is 82.2 Å². The van der Waals surface area contributed by atoms with E-state index < -0.39 is 19.7 Å². The van der Waals surface area contributed by atoms with Gasteiger partial charge in [0.1, 0.15) is 49.6 Å². The molecule has 2 fully saturated rings. The molecule has 2 aliphatic rings. The molecule has 336 valence electrons. The molecule has 8 rings (SSSR count). The van der Waals surface area contributed by atoms with Gasteiger partial charge in [-0.2, -0.15) is 0 Å². The second-order valence-electron chi connectivity index (χ2n) is 14.5. The number of aromatic nitrogens is 4. The number of furan rings is 2. The van der Waals surface area contributed by atoms with Crippen molar-refractivity contribution in [2.24, 2.45) is 5.73 Å². The first-order chi connectivity index (χ1) is 29.4. The molecule has 2 aliphatic heterocycles. The maximum Gasteiger partial charge on any atom is 0.284 e. The van der Waals surface area contributed by atoms with Crippen LogP contribution in [0.1, 0.15) is 44.3 Å². The second kappa shape index (κ2) is 23.0. The lowest BCUT2D eigenvalue weighted by molar-refractivity contribution is -0.107. The number of ether oxygens (including phenoxy) is 5. The van der Waals surface area contributed by atoms with Crippen molar-refractivity contribution in [3.8, 4) is 40.4 Å². The fourth-order valence-electron chi connectivity index (χ4n) is 6.31. The minimum atomic E-state index is -2.98. The molecule has 62 heavy (non-hydrogen) atoms. The minimum Gasteiger partial charge on any atom is -0.468 e. The van der Waals surface area contributed by atoms with Gasteiger partial charge in [0.15, 0.2) is 0 Å². The van der Waals surface area contributed by atoms with Crippen molar-refractivity contribution in [2.45, 2.75) is 57.6 Å². The van der Waals surface area contributed by atoms with E-state index in [9.17, 15) is 16.8 Å². The summed E-state index contributed by atoms with van der Waals surface area (Å²) in [4.78, 5) is 17.2. The Labute approximate surface area is 367 Å². The lowest BCUT2D eigenvalue weighted by Gasteiger charge is -2.23. The third-order valence-electron chi connectivity index (χ3n) is 9.41. The summed E-state index contributed by atoms with van der Waals surface area (Å²) in [6.07, 6.45) is 10.9. The molecule has 0 amide bonds. The topological polar surface area (TPSA) is 230 Å². The van der Waals surface area contributed by atoms with E-state index in [4.69, 9.17) is 38.3 Å². The predicted molar refractivity (Wildman–Crippen MR) is 237 cm³/mol. The Balaban J connectivity index is 0.000000204. The predicted octanol–water partition coefficient (Wildman–Crippen LogP) is 6.14. The Kier molecular flexibility index (Phi) is 17.8. The zero-order valence-corrected chi connectivity index (χ0v) is 37.3. The van der Waals surface area contributed by atoms with Gasteiger partial charge < -0.3 is 43.6 Å². The van der Waals surface area contributed by atoms with Gasteiger partial charge in [-0.3, -0.25) is 0 Å². The quantitative estimate of drug-likeness (QED) is 0.117. The Hall–Kier alpha value is -4.89. The molecule has 20 heteroatoms. The van der Waals surface area contributed by atoms with Gasteiger partial charge in [-0.15, -0.1) is 12.4 Å². The van der Waals surface area contributed by atoms with Crippen molar-refractivity contribution in [1.29, 1.82) is 0 Å². The van der Waals surface area contributed by atoms with Gasteiger partial charge in [-0.05, 0) is 80.3 Å². The van der Waals surface area contributed by atoms with Crippen LogP contribution in [0, 0.1) is 0 Å². The highest BCUT2D eigenvalue weighted by Gasteiger charge is 2.20. The van der Waals surface area contributed by atoms with Crippen LogP contribution in [0.5, 0.6) is 17.7 Å². The Morgan fingerprint density at radius 2 is 1.23 bits per heavy atom. The lowest BCUT2D eigenvalue weighted by Crippen LogP contribution is -2.25. The Bertz CT molecular complexity index is 2560. The van der Waals surface area contributed by atoms with Crippen LogP contribution in [0.3, 0.4) is 0 Å². The van der Waals surface area contributed by atoms with Crippen molar-refractivity contribution in [3.05, 3.63) is 79.1 Å². The van der Waals surface area contributed by atoms with Crippen LogP contribution in [0.2, 0.25) is 0 Å². The Morgan fingerprint density at radius 1 is 0.694 bits per heavy atom. The molecule has 2 atom stereocenters. The van der Waals surface area contributed by atoms with Crippen LogP contribution in [0.4, 0.5) is 0 Å². The summed E-state index contributed by atoms with van der Waals surface area (Å²) in [7, 11) is -4.20. The number of rotatable bonds is 14. The normalized spacial score (nSPS) is 16.6. The Morgan fingerprint density at radius 3 is 1.68 bits per heavy atom. The van der Waals surface area contributed by atoms with Crippen molar-refractivity contribution in [1.82, 2.24) is 25.3 Å². The summed E-state index contributed by atoms with van der Waals surface area (Å²) in [5.41, 5.74) is 8.33. The first-order valence-corrected chi connectivity index (χ1v) is 24.0. The number of halogens is 1. The van der Waals surface area contributed by atoms with E-state index in [-0.39, 0.29) is 43.0 Å². The van der Waals surface area contributed by atoms with Crippen LogP contribution in [-0.4, -0.2) is 107 Å². The van der Waals surface area contributed by atoms with Crippen LogP contribution >= 0.6 is 12.4 Å². The zero-order valence-electron chi connectivity index (χ0n) is 34.9. The summed E-state index contributed by atoms with van der Waals surface area (Å²) < 4.78 is 82.6. The van der Waals surface area contributed by atoms with Crippen molar-refractivity contribution in [3.63, 3.8) is 0 Å². The maximum atomic E-state index is 11.2. The molecule has 2 unspecified atom stereocenters. The third-order valence-corrected chi connectivity index (χ3v) is 11.3. The highest BCUT2D eigenvalue weighted by atomic mass is 35.5. The largest absolute Gasteiger partial charge is 0.468 e. The summed E-state index contributed by atoms with van der Waals surface area (Å²) in [5.74, 6) is 3.86. The summed E-state index contributed by atoms with van der Waals surface area (Å²) >= 11 is 0. The summed E-state index contributed by atoms with van der Waals surface area (Å²) in [5, 5.41) is 4.71. The number of sulfone groups is 2. The fourth-order valence-corrected chi connectivity index (χ4v) is 7.26. The number of benzene rings is 2. The average molecular weight is 918 g/mol. The molecule has 6 aromatic rings. The number of nitrogens with one attached hydrogen (secondary N) is 1. The molecule has 2 saturated heterocycles. The maximum absolute atomic E-state index is 11.2. The minimum absolute atomic E-state index is 0. The first-order valence-electron chi connectivity index (χ1n) is 19.9. The van der Waals surface area contributed by atoms with Gasteiger partial charge in [0, 0.05) is 55.6 Å². The van der Waals surface area contributed by atoms with Crippen LogP contribution in [-0.2, 0) is 35.7 Å². The zero-order chi connectivity index (χ0) is 43.2. The molecule has 17 nitrogen and oxygen atoms in total. The molecular weight excluding hydrogens is 864 g/mol.